The van der Waals surface area contributed by atoms with E-state index in [0.717, 1.165) is 10.9 Å². The molecule has 0 unspecified atom stereocenters. The molecule has 1 aromatic carbocycles. The van der Waals surface area contributed by atoms with Gasteiger partial charge in [-0.3, -0.25) is 4.98 Å². The van der Waals surface area contributed by atoms with E-state index in [1.165, 1.54) is 6.07 Å². The second-order valence-electron chi connectivity index (χ2n) is 3.82. The second-order valence-corrected chi connectivity index (χ2v) is 4.21. The highest BCUT2D eigenvalue weighted by Crippen LogP contribution is 2.28. The van der Waals surface area contributed by atoms with Crippen LogP contribution in [-0.4, -0.2) is 15.0 Å². The van der Waals surface area contributed by atoms with Crippen molar-refractivity contribution in [1.82, 2.24) is 15.0 Å². The summed E-state index contributed by atoms with van der Waals surface area (Å²) in [5, 5.41) is 1.21. The number of ether oxygens (including phenoxy) is 1. The van der Waals surface area contributed by atoms with Gasteiger partial charge in [-0.25, -0.2) is 4.98 Å². The Labute approximate surface area is 114 Å². The van der Waals surface area contributed by atoms with Crippen LogP contribution in [0.25, 0.3) is 10.9 Å². The molecule has 5 nitrogen and oxygen atoms in total. The summed E-state index contributed by atoms with van der Waals surface area (Å²) in [6.07, 6.45) is 1.70. The highest BCUT2D eigenvalue weighted by atomic mass is 35.5. The van der Waals surface area contributed by atoms with Crippen molar-refractivity contribution >= 4 is 28.5 Å². The maximum atomic E-state index is 5.81. The minimum atomic E-state index is 0.0655. The fourth-order valence-corrected chi connectivity index (χ4v) is 1.92. The molecule has 0 atom stereocenters. The largest absolute Gasteiger partial charge is 0.437 e. The number of pyridine rings is 1. The first kappa shape index (κ1) is 11.7. The van der Waals surface area contributed by atoms with Gasteiger partial charge >= 0.3 is 0 Å². The van der Waals surface area contributed by atoms with Gasteiger partial charge in [0.2, 0.25) is 11.8 Å². The molecule has 0 radical (unpaired) electrons. The van der Waals surface area contributed by atoms with E-state index in [1.54, 1.807) is 6.20 Å². The molecule has 3 rings (SSSR count). The first-order valence-corrected chi connectivity index (χ1v) is 5.92. The monoisotopic (exact) mass is 272 g/mol. The van der Waals surface area contributed by atoms with Gasteiger partial charge in [0, 0.05) is 17.6 Å². The molecule has 3 aromatic rings. The Kier molecular flexibility index (Phi) is 2.89. The van der Waals surface area contributed by atoms with Crippen molar-refractivity contribution in [2.75, 3.05) is 5.73 Å². The summed E-state index contributed by atoms with van der Waals surface area (Å²) in [4.78, 5) is 12.0. The highest BCUT2D eigenvalue weighted by Gasteiger charge is 2.07. The molecular formula is C13H9ClN4O. The van der Waals surface area contributed by atoms with Gasteiger partial charge < -0.3 is 10.5 Å². The number of rotatable bonds is 2. The van der Waals surface area contributed by atoms with Crippen LogP contribution in [0, 0.1) is 0 Å². The number of nitrogens with zero attached hydrogens (tertiary/aromatic N) is 3. The predicted molar refractivity (Wildman–Crippen MR) is 73.3 cm³/mol. The van der Waals surface area contributed by atoms with Crippen molar-refractivity contribution < 1.29 is 4.74 Å². The Morgan fingerprint density at radius 2 is 1.95 bits per heavy atom. The van der Waals surface area contributed by atoms with E-state index in [-0.39, 0.29) is 17.0 Å². The molecule has 0 aliphatic heterocycles. The van der Waals surface area contributed by atoms with Crippen LogP contribution in [0.15, 0.2) is 42.6 Å². The number of anilines is 1. The van der Waals surface area contributed by atoms with Crippen LogP contribution in [0.1, 0.15) is 0 Å². The Morgan fingerprint density at radius 1 is 1.11 bits per heavy atom. The minimum absolute atomic E-state index is 0.0655. The molecule has 2 aromatic heterocycles. The fourth-order valence-electron chi connectivity index (χ4n) is 1.74. The van der Waals surface area contributed by atoms with E-state index in [4.69, 9.17) is 22.1 Å². The van der Waals surface area contributed by atoms with Crippen molar-refractivity contribution in [1.29, 1.82) is 0 Å². The number of fused-ring (bicyclic) bond motifs is 1. The zero-order chi connectivity index (χ0) is 13.2. The summed E-state index contributed by atoms with van der Waals surface area (Å²) >= 11 is 5.81. The number of nitrogen functional groups attached to an aromatic ring is 1. The van der Waals surface area contributed by atoms with Crippen LogP contribution in [-0.2, 0) is 0 Å². The van der Waals surface area contributed by atoms with Gasteiger partial charge in [-0.1, -0.05) is 29.8 Å². The molecule has 94 valence electrons. The number of aromatic nitrogens is 3. The summed E-state index contributed by atoms with van der Waals surface area (Å²) in [5.41, 5.74) is 6.27. The molecular weight excluding hydrogens is 264 g/mol. The summed E-state index contributed by atoms with van der Waals surface area (Å²) in [5.74, 6) is 0.943. The van der Waals surface area contributed by atoms with Crippen LogP contribution in [0.4, 0.5) is 5.95 Å². The topological polar surface area (TPSA) is 73.9 Å². The standard InChI is InChI=1S/C13H9ClN4O/c14-10-7-11(18-13(15)17-10)19-9-5-1-3-8-4-2-6-16-12(8)9/h1-7H,(H2,15,17,18). The van der Waals surface area contributed by atoms with Gasteiger partial charge in [0.05, 0.1) is 0 Å². The Morgan fingerprint density at radius 3 is 2.79 bits per heavy atom. The third kappa shape index (κ3) is 2.41. The van der Waals surface area contributed by atoms with Gasteiger partial charge in [0.1, 0.15) is 10.7 Å². The average Bonchev–Trinajstić information content (AvgIpc) is 2.38. The molecule has 0 spiro atoms. The number of nitrogens with two attached hydrogens (primary N) is 1. The summed E-state index contributed by atoms with van der Waals surface area (Å²) in [6, 6.07) is 11.0. The number of benzene rings is 1. The van der Waals surface area contributed by atoms with Crippen molar-refractivity contribution in [2.45, 2.75) is 0 Å². The molecule has 0 fully saturated rings. The smallest absolute Gasteiger partial charge is 0.225 e. The number of hydrogen-bond donors (Lipinski definition) is 1. The molecule has 2 heterocycles. The molecule has 0 amide bonds. The SMILES string of the molecule is Nc1nc(Cl)cc(Oc2cccc3cccnc23)n1. The lowest BCUT2D eigenvalue weighted by Crippen LogP contribution is -1.97. The molecule has 0 saturated heterocycles. The van der Waals surface area contributed by atoms with E-state index in [1.807, 2.05) is 30.3 Å². The summed E-state index contributed by atoms with van der Waals surface area (Å²) in [7, 11) is 0. The molecule has 2 N–H and O–H groups in total. The Bertz CT molecular complexity index is 722. The number of para-hydroxylation sites is 1. The molecule has 6 heteroatoms. The Balaban J connectivity index is 2.05. The zero-order valence-electron chi connectivity index (χ0n) is 9.75. The normalized spacial score (nSPS) is 10.6. The van der Waals surface area contributed by atoms with E-state index in [2.05, 4.69) is 15.0 Å². The van der Waals surface area contributed by atoms with Gasteiger partial charge in [-0.15, -0.1) is 0 Å². The lowest BCUT2D eigenvalue weighted by molar-refractivity contribution is 0.467. The van der Waals surface area contributed by atoms with Gasteiger partial charge in [0.15, 0.2) is 5.75 Å². The van der Waals surface area contributed by atoms with Crippen LogP contribution in [0.2, 0.25) is 5.15 Å². The second kappa shape index (κ2) is 4.70. The van der Waals surface area contributed by atoms with Crippen LogP contribution < -0.4 is 10.5 Å². The van der Waals surface area contributed by atoms with E-state index >= 15 is 0 Å². The molecule has 0 aliphatic carbocycles. The van der Waals surface area contributed by atoms with Gasteiger partial charge in [-0.2, -0.15) is 4.98 Å². The average molecular weight is 273 g/mol. The summed E-state index contributed by atoms with van der Waals surface area (Å²) in [6.45, 7) is 0. The van der Waals surface area contributed by atoms with E-state index < -0.39 is 0 Å². The van der Waals surface area contributed by atoms with E-state index in [0.29, 0.717) is 5.75 Å². The van der Waals surface area contributed by atoms with Gasteiger partial charge in [-0.05, 0) is 12.1 Å². The number of hydrogen-bond acceptors (Lipinski definition) is 5. The van der Waals surface area contributed by atoms with Crippen LogP contribution >= 0.6 is 11.6 Å². The van der Waals surface area contributed by atoms with Crippen molar-refractivity contribution in [3.8, 4) is 11.6 Å². The predicted octanol–water partition coefficient (Wildman–Crippen LogP) is 3.05. The maximum absolute atomic E-state index is 5.81. The van der Waals surface area contributed by atoms with Crippen LogP contribution in [0.3, 0.4) is 0 Å². The van der Waals surface area contributed by atoms with Gasteiger partial charge in [0.25, 0.3) is 0 Å². The van der Waals surface area contributed by atoms with E-state index in [9.17, 15) is 0 Å². The third-order valence-electron chi connectivity index (χ3n) is 2.50. The first-order valence-electron chi connectivity index (χ1n) is 5.54. The fraction of sp³-hybridized carbons (Fsp3) is 0. The molecule has 0 aliphatic rings. The first-order chi connectivity index (χ1) is 9.22. The van der Waals surface area contributed by atoms with Crippen molar-refractivity contribution in [3.63, 3.8) is 0 Å². The summed E-state index contributed by atoms with van der Waals surface area (Å²) < 4.78 is 5.68. The highest BCUT2D eigenvalue weighted by molar-refractivity contribution is 6.29. The molecule has 0 saturated carbocycles. The number of halogens is 1. The lowest BCUT2D eigenvalue weighted by atomic mass is 10.2. The van der Waals surface area contributed by atoms with Crippen LogP contribution in [0.5, 0.6) is 11.6 Å². The molecule has 19 heavy (non-hydrogen) atoms. The zero-order valence-corrected chi connectivity index (χ0v) is 10.5. The third-order valence-corrected chi connectivity index (χ3v) is 2.69. The Hall–Kier alpha value is -2.40. The van der Waals surface area contributed by atoms with Crippen molar-refractivity contribution in [2.24, 2.45) is 0 Å². The van der Waals surface area contributed by atoms with Crippen molar-refractivity contribution in [3.05, 3.63) is 47.7 Å². The maximum Gasteiger partial charge on any atom is 0.225 e. The lowest BCUT2D eigenvalue weighted by Gasteiger charge is -2.07. The molecule has 0 bridgehead atoms. The quantitative estimate of drug-likeness (QED) is 0.726. The minimum Gasteiger partial charge on any atom is -0.437 e.